The second kappa shape index (κ2) is 9.67. The molecule has 1 N–H and O–H groups in total. The molecule has 1 saturated heterocycles. The first-order valence-electron chi connectivity index (χ1n) is 10.1. The zero-order valence-corrected chi connectivity index (χ0v) is 19.3. The average molecular weight is 455 g/mol. The van der Waals surface area contributed by atoms with Crippen LogP contribution in [0.1, 0.15) is 50.9 Å². The first-order chi connectivity index (χ1) is 14.2. The molecule has 0 radical (unpaired) electrons. The number of nitrogens with one attached hydrogen (secondary N) is 1. The summed E-state index contributed by atoms with van der Waals surface area (Å²) in [6, 6.07) is 5.85. The molecule has 0 aliphatic carbocycles. The maximum Gasteiger partial charge on any atom is 0.410 e. The number of anilines is 1. The number of carbonyl (C=O) groups is 3. The Hall–Kier alpha value is -2.62. The minimum absolute atomic E-state index is 0.181. The number of piperidine rings is 1. The molecule has 9 nitrogen and oxygen atoms in total. The molecule has 1 aliphatic rings. The van der Waals surface area contributed by atoms with Gasteiger partial charge in [-0.3, -0.25) is 14.3 Å². The number of rotatable bonds is 6. The van der Waals surface area contributed by atoms with Crippen molar-refractivity contribution in [3.8, 4) is 0 Å². The van der Waals surface area contributed by atoms with Crippen molar-refractivity contribution in [3.63, 3.8) is 0 Å². The number of benzene rings is 1. The number of carbonyl (C=O) groups excluding carboxylic acids is 3. The van der Waals surface area contributed by atoms with E-state index in [2.05, 4.69) is 4.72 Å². The number of amides is 1. The van der Waals surface area contributed by atoms with Gasteiger partial charge < -0.3 is 14.4 Å². The molecule has 2 atom stereocenters. The van der Waals surface area contributed by atoms with E-state index in [4.69, 9.17) is 9.47 Å². The highest BCUT2D eigenvalue weighted by Crippen LogP contribution is 2.22. The van der Waals surface area contributed by atoms with Crippen LogP contribution in [-0.4, -0.2) is 62.2 Å². The van der Waals surface area contributed by atoms with E-state index in [1.807, 2.05) is 0 Å². The van der Waals surface area contributed by atoms with Crippen LogP contribution in [0.5, 0.6) is 0 Å². The molecule has 1 amide bonds. The summed E-state index contributed by atoms with van der Waals surface area (Å²) in [4.78, 5) is 38.9. The van der Waals surface area contributed by atoms with Crippen LogP contribution >= 0.6 is 0 Å². The minimum atomic E-state index is -3.42. The van der Waals surface area contributed by atoms with E-state index in [1.165, 1.54) is 36.1 Å². The standard InChI is InChI=1S/C21H30N2O7S/c1-14(18(24)15-8-10-17(11-9-15)22-31(5,27)28)29-19(25)16-7-6-12-23(13-16)20(26)30-21(2,3)4/h8-11,14,16,22H,6-7,12-13H2,1-5H3. The zero-order valence-electron chi connectivity index (χ0n) is 18.5. The number of esters is 1. The molecule has 172 valence electrons. The summed E-state index contributed by atoms with van der Waals surface area (Å²) in [5.41, 5.74) is -0.00999. The van der Waals surface area contributed by atoms with Crippen molar-refractivity contribution in [2.24, 2.45) is 5.92 Å². The molecule has 1 heterocycles. The molecule has 0 spiro atoms. The number of sulfonamides is 1. The van der Waals surface area contributed by atoms with E-state index in [1.54, 1.807) is 20.8 Å². The molecular weight excluding hydrogens is 424 g/mol. The highest BCUT2D eigenvalue weighted by molar-refractivity contribution is 7.92. The third-order valence-electron chi connectivity index (χ3n) is 4.54. The van der Waals surface area contributed by atoms with E-state index < -0.39 is 45.5 Å². The van der Waals surface area contributed by atoms with Gasteiger partial charge in [-0.15, -0.1) is 0 Å². The predicted molar refractivity (Wildman–Crippen MR) is 115 cm³/mol. The van der Waals surface area contributed by atoms with Crippen LogP contribution in [0.15, 0.2) is 24.3 Å². The quantitative estimate of drug-likeness (QED) is 0.518. The number of Topliss-reactive ketones (excluding diaryl/α,β-unsaturated/α-hetero) is 1. The van der Waals surface area contributed by atoms with Crippen LogP contribution in [0.4, 0.5) is 10.5 Å². The molecule has 31 heavy (non-hydrogen) atoms. The molecule has 0 saturated carbocycles. The van der Waals surface area contributed by atoms with E-state index >= 15 is 0 Å². The zero-order chi connectivity index (χ0) is 23.4. The SMILES string of the molecule is CC(OC(=O)C1CCCN(C(=O)OC(C)(C)C)C1)C(=O)c1ccc(NS(C)(=O)=O)cc1. The Labute approximate surface area is 183 Å². The molecule has 0 aromatic heterocycles. The molecule has 1 aromatic carbocycles. The largest absolute Gasteiger partial charge is 0.454 e. The van der Waals surface area contributed by atoms with Crippen molar-refractivity contribution >= 4 is 33.6 Å². The monoisotopic (exact) mass is 454 g/mol. The van der Waals surface area contributed by atoms with Crippen LogP contribution in [0, 0.1) is 5.92 Å². The summed E-state index contributed by atoms with van der Waals surface area (Å²) in [5.74, 6) is -1.47. The van der Waals surface area contributed by atoms with Gasteiger partial charge in [-0.25, -0.2) is 13.2 Å². The van der Waals surface area contributed by atoms with E-state index in [-0.39, 0.29) is 6.54 Å². The van der Waals surface area contributed by atoms with Crippen molar-refractivity contribution in [2.75, 3.05) is 24.1 Å². The van der Waals surface area contributed by atoms with Crippen molar-refractivity contribution in [1.82, 2.24) is 4.90 Å². The van der Waals surface area contributed by atoms with Gasteiger partial charge in [0.15, 0.2) is 6.10 Å². The fourth-order valence-corrected chi connectivity index (χ4v) is 3.70. The average Bonchev–Trinajstić information content (AvgIpc) is 2.65. The van der Waals surface area contributed by atoms with Gasteiger partial charge in [0.25, 0.3) is 0 Å². The first kappa shape index (κ1) is 24.6. The topological polar surface area (TPSA) is 119 Å². The lowest BCUT2D eigenvalue weighted by atomic mass is 9.98. The highest BCUT2D eigenvalue weighted by atomic mass is 32.2. The van der Waals surface area contributed by atoms with Gasteiger partial charge in [0.2, 0.25) is 15.8 Å². The van der Waals surface area contributed by atoms with Gasteiger partial charge in [-0.2, -0.15) is 0 Å². The van der Waals surface area contributed by atoms with Crippen molar-refractivity contribution in [3.05, 3.63) is 29.8 Å². The van der Waals surface area contributed by atoms with Gasteiger partial charge in [0.05, 0.1) is 12.2 Å². The summed E-state index contributed by atoms with van der Waals surface area (Å²) >= 11 is 0. The van der Waals surface area contributed by atoms with Crippen LogP contribution in [0.25, 0.3) is 0 Å². The number of hydrogen-bond acceptors (Lipinski definition) is 7. The maximum atomic E-state index is 12.6. The Morgan fingerprint density at radius 3 is 2.32 bits per heavy atom. The molecular formula is C21H30N2O7S. The fraction of sp³-hybridized carbons (Fsp3) is 0.571. The van der Waals surface area contributed by atoms with Gasteiger partial charge in [0, 0.05) is 24.3 Å². The Morgan fingerprint density at radius 1 is 1.16 bits per heavy atom. The molecule has 0 bridgehead atoms. The molecule has 10 heteroatoms. The van der Waals surface area contributed by atoms with E-state index in [0.29, 0.717) is 30.6 Å². The molecule has 1 aromatic rings. The Bertz CT molecular complexity index is 920. The number of hydrogen-bond donors (Lipinski definition) is 1. The van der Waals surface area contributed by atoms with Crippen LogP contribution in [0.3, 0.4) is 0 Å². The molecule has 2 rings (SSSR count). The minimum Gasteiger partial charge on any atom is -0.454 e. The van der Waals surface area contributed by atoms with Crippen LogP contribution < -0.4 is 4.72 Å². The van der Waals surface area contributed by atoms with E-state index in [0.717, 1.165) is 6.26 Å². The maximum absolute atomic E-state index is 12.6. The summed E-state index contributed by atoms with van der Waals surface area (Å²) < 4.78 is 35.6. The summed E-state index contributed by atoms with van der Waals surface area (Å²) in [7, 11) is -3.42. The smallest absolute Gasteiger partial charge is 0.410 e. The lowest BCUT2D eigenvalue weighted by Crippen LogP contribution is -2.45. The lowest BCUT2D eigenvalue weighted by Gasteiger charge is -2.33. The van der Waals surface area contributed by atoms with Gasteiger partial charge in [-0.05, 0) is 64.8 Å². The number of likely N-dealkylation sites (tertiary alicyclic amines) is 1. The Morgan fingerprint density at radius 2 is 1.77 bits per heavy atom. The third-order valence-corrected chi connectivity index (χ3v) is 5.15. The highest BCUT2D eigenvalue weighted by Gasteiger charge is 2.33. The molecule has 1 fully saturated rings. The van der Waals surface area contributed by atoms with E-state index in [9.17, 15) is 22.8 Å². The van der Waals surface area contributed by atoms with Crippen molar-refractivity contribution in [2.45, 2.75) is 52.2 Å². The van der Waals surface area contributed by atoms with Crippen LogP contribution in [0.2, 0.25) is 0 Å². The third kappa shape index (κ3) is 7.86. The summed E-state index contributed by atoms with van der Waals surface area (Å²) in [5, 5.41) is 0. The molecule has 1 aliphatic heterocycles. The van der Waals surface area contributed by atoms with Crippen molar-refractivity contribution in [1.29, 1.82) is 0 Å². The predicted octanol–water partition coefficient (Wildman–Crippen LogP) is 2.82. The Kier molecular flexibility index (Phi) is 7.69. The van der Waals surface area contributed by atoms with Gasteiger partial charge >= 0.3 is 12.1 Å². The fourth-order valence-electron chi connectivity index (χ4n) is 3.14. The van der Waals surface area contributed by atoms with Crippen molar-refractivity contribution < 1.29 is 32.3 Å². The first-order valence-corrected chi connectivity index (χ1v) is 11.9. The second-order valence-corrected chi connectivity index (χ2v) is 10.4. The number of nitrogens with zero attached hydrogens (tertiary/aromatic N) is 1. The van der Waals surface area contributed by atoms with Gasteiger partial charge in [-0.1, -0.05) is 0 Å². The number of ether oxygens (including phenoxy) is 2. The van der Waals surface area contributed by atoms with Gasteiger partial charge in [0.1, 0.15) is 5.60 Å². The second-order valence-electron chi connectivity index (χ2n) is 8.66. The molecule has 2 unspecified atom stereocenters. The number of ketones is 1. The summed E-state index contributed by atoms with van der Waals surface area (Å²) in [6.45, 7) is 7.49. The lowest BCUT2D eigenvalue weighted by molar-refractivity contribution is -0.152. The normalized spacial score (nSPS) is 18.1. The Balaban J connectivity index is 1.95. The summed E-state index contributed by atoms with van der Waals surface area (Å²) in [6.07, 6.45) is 0.735. The van der Waals surface area contributed by atoms with Crippen LogP contribution in [-0.2, 0) is 24.3 Å².